The zero-order chi connectivity index (χ0) is 40.8. The first kappa shape index (κ1) is 43.0. The van der Waals surface area contributed by atoms with Gasteiger partial charge < -0.3 is 35.6 Å². The summed E-state index contributed by atoms with van der Waals surface area (Å²) in [5, 5.41) is 11.1. The molecule has 3 aromatic rings. The topological polar surface area (TPSA) is 172 Å². The van der Waals surface area contributed by atoms with Gasteiger partial charge in [0.25, 0.3) is 5.91 Å². The Morgan fingerprint density at radius 2 is 1.34 bits per heavy atom. The number of nitrogens with zero attached hydrogens (tertiary/aromatic N) is 1. The lowest BCUT2D eigenvalue weighted by molar-refractivity contribution is -0.153. The number of esters is 1. The Balaban J connectivity index is 1.34. The van der Waals surface area contributed by atoms with Gasteiger partial charge >= 0.3 is 12.1 Å². The van der Waals surface area contributed by atoms with E-state index in [0.29, 0.717) is 19.3 Å². The van der Waals surface area contributed by atoms with Gasteiger partial charge in [-0.25, -0.2) is 9.59 Å². The third kappa shape index (κ3) is 12.4. The Morgan fingerprint density at radius 1 is 0.768 bits per heavy atom. The molecule has 0 unspecified atom stereocenters. The van der Waals surface area contributed by atoms with Crippen molar-refractivity contribution in [2.24, 2.45) is 11.8 Å². The van der Waals surface area contributed by atoms with Gasteiger partial charge in [-0.3, -0.25) is 19.2 Å². The van der Waals surface area contributed by atoms with E-state index in [1.807, 2.05) is 105 Å². The summed E-state index contributed by atoms with van der Waals surface area (Å²) >= 11 is 0. The summed E-state index contributed by atoms with van der Waals surface area (Å²) in [7, 11) is 0. The summed E-state index contributed by atoms with van der Waals surface area (Å²) in [5.74, 6) is -3.29. The summed E-state index contributed by atoms with van der Waals surface area (Å²) in [6, 6.07) is 24.5. The van der Waals surface area contributed by atoms with Crippen LogP contribution in [0.5, 0.6) is 0 Å². The van der Waals surface area contributed by atoms with Crippen LogP contribution in [0.4, 0.5) is 4.79 Å². The molecular weight excluding hydrogens is 714 g/mol. The Kier molecular flexibility index (Phi) is 15.6. The average Bonchev–Trinajstić information content (AvgIpc) is 3.67. The molecule has 1 saturated heterocycles. The number of hydrogen-bond donors (Lipinski definition) is 4. The lowest BCUT2D eigenvalue weighted by Gasteiger charge is -2.35. The second kappa shape index (κ2) is 20.3. The number of hydrogen-bond acceptors (Lipinski definition) is 8. The van der Waals surface area contributed by atoms with Gasteiger partial charge in [-0.2, -0.15) is 0 Å². The molecule has 1 fully saturated rings. The van der Waals surface area contributed by atoms with E-state index in [4.69, 9.17) is 9.47 Å². The van der Waals surface area contributed by atoms with Crippen LogP contribution in [0.1, 0.15) is 83.5 Å². The number of benzene rings is 3. The van der Waals surface area contributed by atoms with Crippen molar-refractivity contribution >= 4 is 35.7 Å². The molecule has 4 rings (SSSR count). The van der Waals surface area contributed by atoms with E-state index < -0.39 is 77.9 Å². The van der Waals surface area contributed by atoms with E-state index in [2.05, 4.69) is 21.3 Å². The van der Waals surface area contributed by atoms with Gasteiger partial charge in [0.05, 0.1) is 6.04 Å². The fourth-order valence-corrected chi connectivity index (χ4v) is 6.53. The molecule has 5 amide bonds. The second-order valence-electron chi connectivity index (χ2n) is 15.3. The minimum Gasteiger partial charge on any atom is -0.454 e. The first-order chi connectivity index (χ1) is 26.7. The standard InChI is InChI=1S/C43H55N5O8/c1-28(2)25-33(44-42(54)56-26-30-17-10-7-11-18-30)38(50)47-43(5,6)41(53)48-24-16-23-34(48)39(51)46-36(29(3)4)40(52)55-27-35(49)45-37(31-19-12-8-13-20-31)32-21-14-9-15-22-32/h7-15,17-22,28-29,33-34,36-37H,16,23-27H2,1-6H3,(H,44,54)(H,45,49)(H,46,51)(H,47,50)/t33-,34-,36-/m0/s1. The molecule has 13 nitrogen and oxygen atoms in total. The van der Waals surface area contributed by atoms with Crippen molar-refractivity contribution in [3.63, 3.8) is 0 Å². The number of likely N-dealkylation sites (tertiary alicyclic amines) is 1. The molecule has 1 heterocycles. The highest BCUT2D eigenvalue weighted by Crippen LogP contribution is 2.24. The van der Waals surface area contributed by atoms with Crippen LogP contribution in [0, 0.1) is 11.8 Å². The van der Waals surface area contributed by atoms with Gasteiger partial charge in [0.1, 0.15) is 30.3 Å². The summed E-state index contributed by atoms with van der Waals surface area (Å²) in [6.45, 7) is 10.1. The van der Waals surface area contributed by atoms with Crippen molar-refractivity contribution in [2.45, 2.75) is 97.1 Å². The SMILES string of the molecule is CC(C)C[C@H](NC(=O)OCc1ccccc1)C(=O)NC(C)(C)C(=O)N1CCC[C@H]1C(=O)N[C@H](C(=O)OCC(=O)NC(c1ccccc1)c1ccccc1)C(C)C. The Hall–Kier alpha value is -5.72. The summed E-state index contributed by atoms with van der Waals surface area (Å²) < 4.78 is 10.7. The largest absolute Gasteiger partial charge is 0.454 e. The predicted octanol–water partition coefficient (Wildman–Crippen LogP) is 4.80. The molecule has 3 atom stereocenters. The molecule has 4 N–H and O–H groups in total. The second-order valence-corrected chi connectivity index (χ2v) is 15.3. The van der Waals surface area contributed by atoms with Crippen LogP contribution in [0.15, 0.2) is 91.0 Å². The normalized spacial score (nSPS) is 15.2. The molecule has 300 valence electrons. The van der Waals surface area contributed by atoms with Crippen molar-refractivity contribution in [1.29, 1.82) is 0 Å². The average molecular weight is 770 g/mol. The predicted molar refractivity (Wildman–Crippen MR) is 211 cm³/mol. The molecule has 3 aromatic carbocycles. The van der Waals surface area contributed by atoms with Gasteiger partial charge in [-0.05, 0) is 61.6 Å². The van der Waals surface area contributed by atoms with Gasteiger partial charge in [-0.1, -0.05) is 119 Å². The van der Waals surface area contributed by atoms with Crippen molar-refractivity contribution in [2.75, 3.05) is 13.2 Å². The molecule has 0 aliphatic carbocycles. The zero-order valence-electron chi connectivity index (χ0n) is 33.1. The van der Waals surface area contributed by atoms with Crippen molar-refractivity contribution in [3.05, 3.63) is 108 Å². The van der Waals surface area contributed by atoms with Gasteiger partial charge in [0.15, 0.2) is 6.61 Å². The smallest absolute Gasteiger partial charge is 0.408 e. The highest BCUT2D eigenvalue weighted by Gasteiger charge is 2.43. The van der Waals surface area contributed by atoms with Gasteiger partial charge in [-0.15, -0.1) is 0 Å². The number of alkyl carbamates (subject to hydrolysis) is 1. The number of nitrogens with one attached hydrogen (secondary N) is 4. The number of carbonyl (C=O) groups is 6. The summed E-state index contributed by atoms with van der Waals surface area (Å²) in [6.07, 6.45) is 0.395. The molecule has 0 spiro atoms. The molecule has 1 aliphatic heterocycles. The lowest BCUT2D eigenvalue weighted by atomic mass is 9.98. The molecule has 56 heavy (non-hydrogen) atoms. The zero-order valence-corrected chi connectivity index (χ0v) is 33.1. The van der Waals surface area contributed by atoms with Crippen LogP contribution in [0.2, 0.25) is 0 Å². The maximum Gasteiger partial charge on any atom is 0.408 e. The fourth-order valence-electron chi connectivity index (χ4n) is 6.53. The van der Waals surface area contributed by atoms with E-state index in [-0.39, 0.29) is 19.1 Å². The van der Waals surface area contributed by atoms with E-state index >= 15 is 0 Å². The molecular formula is C43H55N5O8. The van der Waals surface area contributed by atoms with Crippen LogP contribution in [0.25, 0.3) is 0 Å². The van der Waals surface area contributed by atoms with Crippen molar-refractivity contribution in [1.82, 2.24) is 26.2 Å². The summed E-state index contributed by atoms with van der Waals surface area (Å²) in [5.41, 5.74) is 1.05. The van der Waals surface area contributed by atoms with Crippen LogP contribution in [0.3, 0.4) is 0 Å². The number of ether oxygens (including phenoxy) is 2. The highest BCUT2D eigenvalue weighted by molar-refractivity contribution is 5.97. The quantitative estimate of drug-likeness (QED) is 0.142. The molecule has 1 aliphatic rings. The first-order valence-corrected chi connectivity index (χ1v) is 19.1. The summed E-state index contributed by atoms with van der Waals surface area (Å²) in [4.78, 5) is 81.6. The molecule has 0 aromatic heterocycles. The van der Waals surface area contributed by atoms with E-state index in [1.165, 1.54) is 4.90 Å². The number of carbonyl (C=O) groups excluding carboxylic acids is 6. The van der Waals surface area contributed by atoms with Gasteiger partial charge in [0.2, 0.25) is 17.7 Å². The van der Waals surface area contributed by atoms with Crippen LogP contribution < -0.4 is 21.3 Å². The minimum atomic E-state index is -1.45. The maximum atomic E-state index is 14.0. The monoisotopic (exact) mass is 769 g/mol. The maximum absolute atomic E-state index is 14.0. The van der Waals surface area contributed by atoms with E-state index in [0.717, 1.165) is 16.7 Å². The molecule has 13 heteroatoms. The van der Waals surface area contributed by atoms with E-state index in [9.17, 15) is 28.8 Å². The Morgan fingerprint density at radius 3 is 1.89 bits per heavy atom. The first-order valence-electron chi connectivity index (χ1n) is 19.1. The minimum absolute atomic E-state index is 0.0275. The highest BCUT2D eigenvalue weighted by atomic mass is 16.5. The number of amides is 5. The molecule has 0 saturated carbocycles. The Labute approximate surface area is 329 Å². The molecule has 0 bridgehead atoms. The van der Waals surface area contributed by atoms with E-state index in [1.54, 1.807) is 27.7 Å². The van der Waals surface area contributed by atoms with Crippen LogP contribution in [-0.4, -0.2) is 77.4 Å². The third-order valence-corrected chi connectivity index (χ3v) is 9.45. The molecule has 0 radical (unpaired) electrons. The number of rotatable bonds is 17. The van der Waals surface area contributed by atoms with Crippen LogP contribution >= 0.6 is 0 Å². The Bertz CT molecular complexity index is 1750. The van der Waals surface area contributed by atoms with Crippen LogP contribution in [-0.2, 0) is 40.1 Å². The van der Waals surface area contributed by atoms with Crippen molar-refractivity contribution in [3.8, 4) is 0 Å². The van der Waals surface area contributed by atoms with Crippen molar-refractivity contribution < 1.29 is 38.2 Å². The fraction of sp³-hybridized carbons (Fsp3) is 0.442. The third-order valence-electron chi connectivity index (χ3n) is 9.45. The lowest BCUT2D eigenvalue weighted by Crippen LogP contribution is -2.62. The van der Waals surface area contributed by atoms with Gasteiger partial charge in [0, 0.05) is 6.54 Å².